The first kappa shape index (κ1) is 79.3. The number of carbonyl (C=O) groups excluding carboxylic acids is 2. The molecular weight excluding hydrogens is 995 g/mol. The predicted molar refractivity (Wildman–Crippen MR) is 356 cm³/mol. The number of amides is 1. The van der Waals surface area contributed by atoms with E-state index in [-0.39, 0.29) is 18.5 Å². The molecule has 2 atom stereocenters. The fraction of sp³-hybridized carbons (Fsp3) is 0.920. The first-order valence-electron chi connectivity index (χ1n) is 37.1. The Hall–Kier alpha value is -1.66. The summed E-state index contributed by atoms with van der Waals surface area (Å²) in [6, 6.07) is -0.626. The van der Waals surface area contributed by atoms with Crippen molar-refractivity contribution in [3.8, 4) is 0 Å². The summed E-state index contributed by atoms with van der Waals surface area (Å²) in [6.45, 7) is 4.95. The Labute approximate surface area is 507 Å². The van der Waals surface area contributed by atoms with E-state index in [0.717, 1.165) is 38.5 Å². The molecule has 6 heteroatoms. The van der Waals surface area contributed by atoms with Crippen LogP contribution in [0.3, 0.4) is 0 Å². The highest BCUT2D eigenvalue weighted by atomic mass is 16.5. The highest BCUT2D eigenvalue weighted by Crippen LogP contribution is 2.19. The van der Waals surface area contributed by atoms with Crippen molar-refractivity contribution in [2.24, 2.45) is 0 Å². The monoisotopic (exact) mass is 1140 g/mol. The molecule has 0 saturated heterocycles. The average Bonchev–Trinajstić information content (AvgIpc) is 3.47. The Morgan fingerprint density at radius 1 is 0.333 bits per heavy atom. The van der Waals surface area contributed by atoms with Gasteiger partial charge in [-0.2, -0.15) is 0 Å². The number of ether oxygens (including phenoxy) is 1. The van der Waals surface area contributed by atoms with Crippen molar-refractivity contribution in [3.05, 3.63) is 24.3 Å². The van der Waals surface area contributed by atoms with Gasteiger partial charge in [-0.15, -0.1) is 0 Å². The second kappa shape index (κ2) is 70.8. The van der Waals surface area contributed by atoms with Gasteiger partial charge in [0.2, 0.25) is 5.91 Å². The molecule has 0 aliphatic heterocycles. The maximum absolute atomic E-state index is 12.5. The molecule has 0 aromatic rings. The number of aliphatic hydroxyl groups is 2. The molecule has 0 aromatic heterocycles. The summed E-state index contributed by atoms with van der Waals surface area (Å²) in [7, 11) is 0. The summed E-state index contributed by atoms with van der Waals surface area (Å²) >= 11 is 0. The Kier molecular flexibility index (Phi) is 69.4. The van der Waals surface area contributed by atoms with Crippen molar-refractivity contribution < 1.29 is 24.5 Å². The minimum Gasteiger partial charge on any atom is -0.466 e. The molecule has 0 radical (unpaired) electrons. The normalized spacial score (nSPS) is 12.6. The van der Waals surface area contributed by atoms with E-state index in [2.05, 4.69) is 31.3 Å². The van der Waals surface area contributed by atoms with Crippen molar-refractivity contribution >= 4 is 11.9 Å². The Morgan fingerprint density at radius 3 is 0.877 bits per heavy atom. The number of allylic oxidation sites excluding steroid dienone is 3. The molecule has 0 fully saturated rings. The highest BCUT2D eigenvalue weighted by molar-refractivity contribution is 5.76. The number of nitrogens with one attached hydrogen (secondary N) is 1. The molecule has 0 aromatic carbocycles. The molecule has 0 rings (SSSR count). The number of unbranched alkanes of at least 4 members (excludes halogenated alkanes) is 57. The second-order valence-corrected chi connectivity index (χ2v) is 25.6. The largest absolute Gasteiger partial charge is 0.466 e. The first-order chi connectivity index (χ1) is 40.0. The van der Waals surface area contributed by atoms with Crippen LogP contribution in [-0.4, -0.2) is 47.4 Å². The van der Waals surface area contributed by atoms with Crippen LogP contribution in [-0.2, 0) is 14.3 Å². The third-order valence-corrected chi connectivity index (χ3v) is 17.5. The summed E-state index contributed by atoms with van der Waals surface area (Å²) < 4.78 is 5.51. The van der Waals surface area contributed by atoms with Crippen LogP contribution in [0, 0.1) is 0 Å². The number of hydrogen-bond acceptors (Lipinski definition) is 5. The summed E-state index contributed by atoms with van der Waals surface area (Å²) in [5, 5.41) is 23.2. The molecule has 3 N–H and O–H groups in total. The fourth-order valence-corrected chi connectivity index (χ4v) is 11.8. The van der Waals surface area contributed by atoms with Gasteiger partial charge in [0.1, 0.15) is 0 Å². The van der Waals surface area contributed by atoms with Gasteiger partial charge in [-0.25, -0.2) is 0 Å². The Balaban J connectivity index is 3.36. The maximum Gasteiger partial charge on any atom is 0.305 e. The zero-order chi connectivity index (χ0) is 58.5. The quantitative estimate of drug-likeness (QED) is 0.0320. The minimum absolute atomic E-state index is 0.0217. The third kappa shape index (κ3) is 67.3. The summed E-state index contributed by atoms with van der Waals surface area (Å²) in [5.74, 6) is -0.0408. The lowest BCUT2D eigenvalue weighted by atomic mass is 10.0. The second-order valence-electron chi connectivity index (χ2n) is 25.6. The van der Waals surface area contributed by atoms with Crippen molar-refractivity contribution in [1.29, 1.82) is 0 Å². The minimum atomic E-state index is -0.843. The Bertz CT molecular complexity index is 1270. The van der Waals surface area contributed by atoms with E-state index >= 15 is 0 Å². The molecule has 1 amide bonds. The van der Waals surface area contributed by atoms with Gasteiger partial charge in [0.15, 0.2) is 0 Å². The van der Waals surface area contributed by atoms with Gasteiger partial charge in [-0.05, 0) is 57.8 Å². The molecule has 0 saturated carbocycles. The number of aliphatic hydroxyl groups excluding tert-OH is 2. The van der Waals surface area contributed by atoms with Crippen LogP contribution in [0.1, 0.15) is 418 Å². The summed E-state index contributed by atoms with van der Waals surface area (Å²) in [4.78, 5) is 24.6. The molecule has 6 nitrogen and oxygen atoms in total. The van der Waals surface area contributed by atoms with Gasteiger partial charge >= 0.3 is 5.97 Å². The molecule has 0 aliphatic rings. The van der Waals surface area contributed by atoms with E-state index in [9.17, 15) is 19.8 Å². The van der Waals surface area contributed by atoms with Crippen molar-refractivity contribution in [3.63, 3.8) is 0 Å². The summed E-state index contributed by atoms with van der Waals surface area (Å²) in [6.07, 6.45) is 89.9. The van der Waals surface area contributed by atoms with Gasteiger partial charge in [-0.3, -0.25) is 9.59 Å². The zero-order valence-corrected chi connectivity index (χ0v) is 55.0. The lowest BCUT2D eigenvalue weighted by Gasteiger charge is -2.20. The van der Waals surface area contributed by atoms with E-state index in [1.807, 2.05) is 6.08 Å². The standard InChI is InChI=1S/C75H145NO5/c1-3-5-7-9-11-13-15-17-19-36-39-43-47-51-55-59-63-67-73(78)72(71-77)76-74(79)68-64-60-56-52-48-44-40-37-34-32-30-28-26-24-22-21-23-25-27-29-31-33-35-38-42-46-50-54-58-62-66-70-81-75(80)69-65-61-57-53-49-45-41-20-18-16-14-12-10-8-6-4-2/h23,25,63,67,72-73,77-78H,3-22,24,26-62,64-66,68-71H2,1-2H3,(H,76,79)/b25-23-,67-63+. The van der Waals surface area contributed by atoms with Crippen LogP contribution < -0.4 is 5.32 Å². The van der Waals surface area contributed by atoms with Crippen LogP contribution in [0.5, 0.6) is 0 Å². The number of hydrogen-bond donors (Lipinski definition) is 3. The maximum atomic E-state index is 12.5. The molecule has 0 spiro atoms. The SMILES string of the molecule is CCCCCCCCCCCCCCCCC/C=C/C(O)C(CO)NC(=O)CCCCCCCCCCCCCCCCC/C=C\CCCCCCCCCCCCCCOC(=O)CCCCCCCCCCCCCCCCCC. The van der Waals surface area contributed by atoms with E-state index < -0.39 is 12.1 Å². The zero-order valence-electron chi connectivity index (χ0n) is 55.0. The molecule has 480 valence electrons. The van der Waals surface area contributed by atoms with Crippen LogP contribution in [0.25, 0.3) is 0 Å². The van der Waals surface area contributed by atoms with Crippen LogP contribution in [0.4, 0.5) is 0 Å². The van der Waals surface area contributed by atoms with Gasteiger partial charge < -0.3 is 20.3 Å². The molecule has 0 heterocycles. The number of carbonyl (C=O) groups is 2. The molecule has 81 heavy (non-hydrogen) atoms. The fourth-order valence-electron chi connectivity index (χ4n) is 11.8. The molecular formula is C75H145NO5. The van der Waals surface area contributed by atoms with Crippen LogP contribution in [0.15, 0.2) is 24.3 Å². The lowest BCUT2D eigenvalue weighted by molar-refractivity contribution is -0.143. The van der Waals surface area contributed by atoms with Crippen molar-refractivity contribution in [2.45, 2.75) is 431 Å². The topological polar surface area (TPSA) is 95.9 Å². The van der Waals surface area contributed by atoms with Gasteiger partial charge in [0, 0.05) is 12.8 Å². The highest BCUT2D eigenvalue weighted by Gasteiger charge is 2.18. The summed E-state index contributed by atoms with van der Waals surface area (Å²) in [5.41, 5.74) is 0. The Morgan fingerprint density at radius 2 is 0.580 bits per heavy atom. The molecule has 0 aliphatic carbocycles. The first-order valence-corrected chi connectivity index (χ1v) is 37.1. The molecule has 0 bridgehead atoms. The average molecular weight is 1140 g/mol. The molecule has 2 unspecified atom stereocenters. The van der Waals surface area contributed by atoms with Gasteiger partial charge in [0.05, 0.1) is 25.4 Å². The van der Waals surface area contributed by atoms with E-state index in [4.69, 9.17) is 4.74 Å². The number of rotatable bonds is 70. The van der Waals surface area contributed by atoms with Crippen molar-refractivity contribution in [2.75, 3.05) is 13.2 Å². The van der Waals surface area contributed by atoms with Gasteiger partial charge in [0.25, 0.3) is 0 Å². The predicted octanol–water partition coefficient (Wildman–Crippen LogP) is 24.1. The smallest absolute Gasteiger partial charge is 0.305 e. The number of esters is 1. The van der Waals surface area contributed by atoms with E-state index in [1.54, 1.807) is 6.08 Å². The van der Waals surface area contributed by atoms with E-state index in [1.165, 1.54) is 353 Å². The van der Waals surface area contributed by atoms with E-state index in [0.29, 0.717) is 19.4 Å². The lowest BCUT2D eigenvalue weighted by Crippen LogP contribution is -2.45. The van der Waals surface area contributed by atoms with Crippen LogP contribution in [0.2, 0.25) is 0 Å². The van der Waals surface area contributed by atoms with Crippen molar-refractivity contribution in [1.82, 2.24) is 5.32 Å². The third-order valence-electron chi connectivity index (χ3n) is 17.5. The van der Waals surface area contributed by atoms with Gasteiger partial charge in [-0.1, -0.05) is 372 Å². The van der Waals surface area contributed by atoms with Crippen LogP contribution >= 0.6 is 0 Å².